The van der Waals surface area contributed by atoms with Crippen LogP contribution in [0.1, 0.15) is 41.7 Å². The number of aromatic nitrogens is 4. The van der Waals surface area contributed by atoms with E-state index >= 15 is 0 Å². The van der Waals surface area contributed by atoms with Gasteiger partial charge in [0, 0.05) is 37.7 Å². The van der Waals surface area contributed by atoms with Crippen LogP contribution in [0, 0.1) is 5.92 Å². The summed E-state index contributed by atoms with van der Waals surface area (Å²) in [4.78, 5) is 115. The lowest BCUT2D eigenvalue weighted by molar-refractivity contribution is -0.234. The molecule has 4 amide bonds. The summed E-state index contributed by atoms with van der Waals surface area (Å²) in [6.07, 6.45) is -1.96. The summed E-state index contributed by atoms with van der Waals surface area (Å²) in [6.45, 7) is -1.61. The van der Waals surface area contributed by atoms with Crippen molar-refractivity contribution in [1.29, 1.82) is 0 Å². The molecule has 0 aliphatic rings. The van der Waals surface area contributed by atoms with Gasteiger partial charge >= 0.3 is 17.9 Å². The van der Waals surface area contributed by atoms with Crippen molar-refractivity contribution in [3.63, 3.8) is 0 Å². The van der Waals surface area contributed by atoms with Gasteiger partial charge in [-0.3, -0.25) is 38.5 Å². The molecule has 3 rings (SSSR count). The molecule has 0 saturated carbocycles. The van der Waals surface area contributed by atoms with Gasteiger partial charge in [0.15, 0.2) is 16.9 Å². The zero-order valence-electron chi connectivity index (χ0n) is 27.7. The van der Waals surface area contributed by atoms with Crippen molar-refractivity contribution < 1.29 is 57.6 Å². The molecule has 0 radical (unpaired) electrons. The van der Waals surface area contributed by atoms with Gasteiger partial charge in [0.1, 0.15) is 0 Å². The molecule has 0 bridgehead atoms. The Morgan fingerprint density at radius 2 is 1.72 bits per heavy atom. The van der Waals surface area contributed by atoms with Gasteiger partial charge in [-0.25, -0.2) is 14.8 Å². The molecule has 2 atom stereocenters. The van der Waals surface area contributed by atoms with Crippen molar-refractivity contribution in [2.24, 2.45) is 5.92 Å². The van der Waals surface area contributed by atoms with Gasteiger partial charge in [0.2, 0.25) is 17.8 Å². The van der Waals surface area contributed by atoms with Gasteiger partial charge in [-0.2, -0.15) is 19.0 Å². The van der Waals surface area contributed by atoms with Crippen LogP contribution in [0.15, 0.2) is 35.3 Å². The van der Waals surface area contributed by atoms with Crippen LogP contribution >= 0.6 is 0 Å². The largest absolute Gasteiger partial charge is 0.481 e. The molecule has 0 spiro atoms. The number of nitrogens with one attached hydrogen (secondary N) is 6. The molecule has 0 fully saturated rings. The van der Waals surface area contributed by atoms with Crippen molar-refractivity contribution >= 4 is 64.2 Å². The fourth-order valence-corrected chi connectivity index (χ4v) is 4.55. The fourth-order valence-electron chi connectivity index (χ4n) is 4.55. The van der Waals surface area contributed by atoms with E-state index in [4.69, 9.17) is 11.0 Å². The number of fused-ring (bicyclic) bond motifs is 1. The molecular formula is C30H34F2N10O11. The highest BCUT2D eigenvalue weighted by Crippen LogP contribution is 2.17. The predicted molar refractivity (Wildman–Crippen MR) is 176 cm³/mol. The first-order valence-electron chi connectivity index (χ1n) is 15.4. The second-order valence-electron chi connectivity index (χ2n) is 11.2. The highest BCUT2D eigenvalue weighted by atomic mass is 19.3. The van der Waals surface area contributed by atoms with Gasteiger partial charge in [0.05, 0.1) is 49.8 Å². The second kappa shape index (κ2) is 18.5. The van der Waals surface area contributed by atoms with Crippen LogP contribution in [0.4, 0.5) is 20.4 Å². The molecule has 0 saturated heterocycles. The minimum absolute atomic E-state index is 0.00593. The van der Waals surface area contributed by atoms with Crippen LogP contribution < -0.4 is 37.9 Å². The highest BCUT2D eigenvalue weighted by Gasteiger charge is 2.39. The summed E-state index contributed by atoms with van der Waals surface area (Å²) in [5.41, 5.74) is 6.24. The number of halogens is 2. The number of H-pyrrole nitrogens is 1. The number of carboxylic acid groups (broad SMARTS) is 1. The van der Waals surface area contributed by atoms with E-state index in [0.717, 1.165) is 7.05 Å². The van der Waals surface area contributed by atoms with Crippen LogP contribution in [0.2, 0.25) is 0 Å². The number of alkyl halides is 2. The maximum atomic E-state index is 13.8. The number of hydrogen-bond acceptors (Lipinski definition) is 15. The molecule has 21 nitrogen and oxygen atoms in total. The monoisotopic (exact) mass is 748 g/mol. The minimum atomic E-state index is -4.06. The first kappa shape index (κ1) is 40.8. The summed E-state index contributed by atoms with van der Waals surface area (Å²) in [7, 11) is 0.927. The number of nitrogen functional groups attached to an aromatic ring is 1. The van der Waals surface area contributed by atoms with E-state index in [1.165, 1.54) is 18.3 Å². The maximum absolute atomic E-state index is 13.8. The number of benzene rings is 1. The molecule has 10 N–H and O–H groups in total. The number of aromatic amines is 1. The molecule has 2 heterocycles. The van der Waals surface area contributed by atoms with Crippen LogP contribution in [-0.4, -0.2) is 104 Å². The van der Waals surface area contributed by atoms with E-state index < -0.39 is 97.0 Å². The molecule has 2 aromatic heterocycles. The molecule has 23 heteroatoms. The molecule has 3 aromatic rings. The number of nitrogens with two attached hydrogens (primary N) is 1. The number of carbonyl (C=O) groups is 7. The Morgan fingerprint density at radius 3 is 2.36 bits per heavy atom. The standard InChI is InChI=1S/C30H34F2N10O11/c1-34-28(51)30(31,32)13-38-26(49)15(9-21(45)46)8-19(43)18(10-22(47)53-52)40-20(44)6-7-35-25(48)14-2-4-16(5-3-14)36-11-17-12-37-24-23(39-17)27(50)42-29(33)41-24/h2-5,12,15,18,36,52H,6-11,13H2,1H3,(H,34,51)(H,35,48)(H,38,49)(H,40,44)(H,45,46)(H3,33,37,41,42,50)/t15-,18-/m0/s1. The lowest BCUT2D eigenvalue weighted by Gasteiger charge is -2.21. The Labute approximate surface area is 296 Å². The van der Waals surface area contributed by atoms with Crippen LogP contribution in [0.3, 0.4) is 0 Å². The average molecular weight is 749 g/mol. The Morgan fingerprint density at radius 1 is 1.02 bits per heavy atom. The molecule has 0 unspecified atom stereocenters. The molecule has 284 valence electrons. The minimum Gasteiger partial charge on any atom is -0.481 e. The lowest BCUT2D eigenvalue weighted by Crippen LogP contribution is -2.49. The van der Waals surface area contributed by atoms with Crippen LogP contribution in [-0.2, 0) is 40.2 Å². The van der Waals surface area contributed by atoms with Crippen LogP contribution in [0.25, 0.3) is 11.2 Å². The topological polar surface area (TPSA) is 327 Å². The van der Waals surface area contributed by atoms with Crippen molar-refractivity contribution in [3.8, 4) is 0 Å². The first-order valence-corrected chi connectivity index (χ1v) is 15.4. The number of ketones is 1. The third-order valence-electron chi connectivity index (χ3n) is 7.22. The summed E-state index contributed by atoms with van der Waals surface area (Å²) in [6, 6.07) is 4.34. The van der Waals surface area contributed by atoms with Crippen molar-refractivity contribution in [1.82, 2.24) is 41.2 Å². The molecule has 0 aliphatic carbocycles. The normalized spacial score (nSPS) is 12.2. The van der Waals surface area contributed by atoms with Gasteiger partial charge in [-0.05, 0) is 24.3 Å². The molecule has 1 aromatic carbocycles. The quantitative estimate of drug-likeness (QED) is 0.0496. The van der Waals surface area contributed by atoms with Gasteiger partial charge < -0.3 is 42.3 Å². The zero-order chi connectivity index (χ0) is 39.3. The Kier molecular flexibility index (Phi) is 14.3. The van der Waals surface area contributed by atoms with E-state index in [9.17, 15) is 52.2 Å². The third-order valence-corrected chi connectivity index (χ3v) is 7.22. The fraction of sp³-hybridized carbons (Fsp3) is 0.367. The Bertz CT molecular complexity index is 1920. The average Bonchev–Trinajstić information content (AvgIpc) is 3.11. The number of carbonyl (C=O) groups excluding carboxylic acids is 6. The zero-order valence-corrected chi connectivity index (χ0v) is 27.7. The molecule has 53 heavy (non-hydrogen) atoms. The number of nitrogens with zero attached hydrogens (tertiary/aromatic N) is 3. The van der Waals surface area contributed by atoms with Gasteiger partial charge in [-0.1, -0.05) is 0 Å². The van der Waals surface area contributed by atoms with E-state index in [1.54, 1.807) is 22.8 Å². The number of aliphatic carboxylic acids is 1. The van der Waals surface area contributed by atoms with E-state index in [2.05, 4.69) is 40.8 Å². The second-order valence-corrected chi connectivity index (χ2v) is 11.2. The number of amides is 4. The van der Waals surface area contributed by atoms with Gasteiger partial charge in [-0.15, -0.1) is 0 Å². The highest BCUT2D eigenvalue weighted by molar-refractivity contribution is 5.97. The van der Waals surface area contributed by atoms with E-state index in [-0.39, 0.29) is 35.8 Å². The van der Waals surface area contributed by atoms with E-state index in [1.807, 2.05) is 0 Å². The third kappa shape index (κ3) is 12.3. The smallest absolute Gasteiger partial charge is 0.344 e. The molecular weight excluding hydrogens is 714 g/mol. The lowest BCUT2D eigenvalue weighted by atomic mass is 9.93. The predicted octanol–water partition coefficient (Wildman–Crippen LogP) is -1.53. The first-order chi connectivity index (χ1) is 25.0. The number of hydrogen-bond donors (Lipinski definition) is 9. The number of rotatable bonds is 19. The van der Waals surface area contributed by atoms with Crippen LogP contribution in [0.5, 0.6) is 0 Å². The number of anilines is 2. The molecule has 0 aliphatic heterocycles. The number of carboxylic acids is 1. The van der Waals surface area contributed by atoms with Crippen molar-refractivity contribution in [2.75, 3.05) is 31.2 Å². The summed E-state index contributed by atoms with van der Waals surface area (Å²) in [5.74, 6) is -14.5. The van der Waals surface area contributed by atoms with E-state index in [0.29, 0.717) is 11.4 Å². The van der Waals surface area contributed by atoms with Crippen molar-refractivity contribution in [3.05, 3.63) is 52.1 Å². The van der Waals surface area contributed by atoms with Crippen molar-refractivity contribution in [2.45, 2.75) is 44.2 Å². The summed E-state index contributed by atoms with van der Waals surface area (Å²) < 4.78 is 27.7. The summed E-state index contributed by atoms with van der Waals surface area (Å²) >= 11 is 0. The van der Waals surface area contributed by atoms with Gasteiger partial charge in [0.25, 0.3) is 17.4 Å². The Balaban J connectivity index is 1.54. The number of Topliss-reactive ketones (excluding diaryl/α,β-unsaturated/α-hetero) is 1. The maximum Gasteiger partial charge on any atom is 0.344 e. The Hall–Kier alpha value is -6.65. The SMILES string of the molecule is CNC(=O)C(F)(F)CNC(=O)[C@H](CC(=O)O)CC(=O)[C@H](CC(=O)OO)NC(=O)CCNC(=O)c1ccc(NCc2cnc3nc(N)[nH]c(=O)c3n2)cc1. The summed E-state index contributed by atoms with van der Waals surface area (Å²) in [5, 5.41) is 29.0.